The number of nitrogens with one attached hydrogen (secondary N) is 2. The summed E-state index contributed by atoms with van der Waals surface area (Å²) in [5.41, 5.74) is 1.29. The van der Waals surface area contributed by atoms with Gasteiger partial charge in [0.15, 0.2) is 0 Å². The highest BCUT2D eigenvalue weighted by Crippen LogP contribution is 2.15. The van der Waals surface area contributed by atoms with Gasteiger partial charge >= 0.3 is 0 Å². The first-order chi connectivity index (χ1) is 7.51. The molecule has 1 rings (SSSR count). The fraction of sp³-hybridized carbons (Fsp3) is 0.300. The van der Waals surface area contributed by atoms with E-state index < -0.39 is 10.0 Å². The minimum atomic E-state index is -3.25. The van der Waals surface area contributed by atoms with Crippen LogP contribution in [0.3, 0.4) is 0 Å². The Morgan fingerprint density at radius 3 is 2.69 bits per heavy atom. The molecule has 0 radical (unpaired) electrons. The Hall–Kier alpha value is -1.74. The number of benzene rings is 1. The number of hydrogen-bond donors (Lipinski definition) is 2. The second-order valence-electron chi connectivity index (χ2n) is 3.29. The SMILES string of the molecule is CS(=O)(=O)Nc1cccc(NCCC#N)c1. The molecule has 0 aliphatic rings. The maximum absolute atomic E-state index is 11.0. The Bertz CT molecular complexity index is 491. The van der Waals surface area contributed by atoms with E-state index in [0.29, 0.717) is 18.7 Å². The predicted molar refractivity (Wildman–Crippen MR) is 63.6 cm³/mol. The van der Waals surface area contributed by atoms with Crippen LogP contribution in [0.25, 0.3) is 0 Å². The molecule has 5 nitrogen and oxygen atoms in total. The zero-order chi connectivity index (χ0) is 12.0. The minimum absolute atomic E-state index is 0.406. The van der Waals surface area contributed by atoms with Crippen molar-refractivity contribution in [2.75, 3.05) is 22.8 Å². The summed E-state index contributed by atoms with van der Waals surface area (Å²) in [5, 5.41) is 11.4. The number of nitrogens with zero attached hydrogens (tertiary/aromatic N) is 1. The van der Waals surface area contributed by atoms with Crippen LogP contribution in [0.1, 0.15) is 6.42 Å². The second-order valence-corrected chi connectivity index (χ2v) is 5.04. The molecule has 0 aliphatic carbocycles. The van der Waals surface area contributed by atoms with Crippen molar-refractivity contribution in [3.63, 3.8) is 0 Å². The van der Waals surface area contributed by atoms with Gasteiger partial charge in [0.05, 0.1) is 24.4 Å². The lowest BCUT2D eigenvalue weighted by Crippen LogP contribution is -2.09. The molecular weight excluding hydrogens is 226 g/mol. The molecule has 2 N–H and O–H groups in total. The van der Waals surface area contributed by atoms with Crippen molar-refractivity contribution in [1.82, 2.24) is 0 Å². The summed E-state index contributed by atoms with van der Waals surface area (Å²) in [7, 11) is -3.25. The van der Waals surface area contributed by atoms with E-state index in [2.05, 4.69) is 10.0 Å². The van der Waals surface area contributed by atoms with Crippen molar-refractivity contribution in [3.8, 4) is 6.07 Å². The summed E-state index contributed by atoms with van der Waals surface area (Å²) in [5.74, 6) is 0. The fourth-order valence-corrected chi connectivity index (χ4v) is 1.72. The first-order valence-corrected chi connectivity index (χ1v) is 6.59. The minimum Gasteiger partial charge on any atom is -0.384 e. The second kappa shape index (κ2) is 5.37. The van der Waals surface area contributed by atoms with Gasteiger partial charge in [0, 0.05) is 12.2 Å². The maximum atomic E-state index is 11.0. The van der Waals surface area contributed by atoms with Crippen molar-refractivity contribution < 1.29 is 8.42 Å². The lowest BCUT2D eigenvalue weighted by atomic mass is 10.3. The molecule has 0 heterocycles. The fourth-order valence-electron chi connectivity index (χ4n) is 1.17. The van der Waals surface area contributed by atoms with Crippen LogP contribution in [0.2, 0.25) is 0 Å². The number of anilines is 2. The summed E-state index contributed by atoms with van der Waals surface area (Å²) in [6.07, 6.45) is 1.51. The van der Waals surface area contributed by atoms with Crippen LogP contribution in [0.4, 0.5) is 11.4 Å². The molecule has 0 unspecified atom stereocenters. The van der Waals surface area contributed by atoms with Crippen molar-refractivity contribution in [3.05, 3.63) is 24.3 Å². The van der Waals surface area contributed by atoms with Gasteiger partial charge in [-0.3, -0.25) is 4.72 Å². The van der Waals surface area contributed by atoms with Gasteiger partial charge in [-0.05, 0) is 18.2 Å². The molecule has 86 valence electrons. The van der Waals surface area contributed by atoms with Crippen LogP contribution >= 0.6 is 0 Å². The third-order valence-electron chi connectivity index (χ3n) is 1.73. The first kappa shape index (κ1) is 12.3. The van der Waals surface area contributed by atoms with Crippen molar-refractivity contribution in [2.45, 2.75) is 6.42 Å². The van der Waals surface area contributed by atoms with Crippen LogP contribution in [0.5, 0.6) is 0 Å². The van der Waals surface area contributed by atoms with Gasteiger partial charge in [0.2, 0.25) is 10.0 Å². The number of rotatable bonds is 5. The lowest BCUT2D eigenvalue weighted by Gasteiger charge is -2.07. The normalized spacial score (nSPS) is 10.5. The van der Waals surface area contributed by atoms with Crippen molar-refractivity contribution >= 4 is 21.4 Å². The molecule has 1 aromatic rings. The number of nitriles is 1. The summed E-state index contributed by atoms with van der Waals surface area (Å²) in [6.45, 7) is 0.541. The molecule has 0 aliphatic heterocycles. The molecule has 0 aromatic heterocycles. The van der Waals surface area contributed by atoms with E-state index in [1.807, 2.05) is 12.1 Å². The zero-order valence-electron chi connectivity index (χ0n) is 8.90. The van der Waals surface area contributed by atoms with Crippen LogP contribution in [-0.4, -0.2) is 21.2 Å². The third-order valence-corrected chi connectivity index (χ3v) is 2.34. The van der Waals surface area contributed by atoms with Crippen molar-refractivity contribution in [1.29, 1.82) is 5.26 Å². The Morgan fingerprint density at radius 2 is 2.06 bits per heavy atom. The average molecular weight is 239 g/mol. The van der Waals surface area contributed by atoms with Crippen LogP contribution in [0, 0.1) is 11.3 Å². The van der Waals surface area contributed by atoms with Gasteiger partial charge in [-0.1, -0.05) is 6.07 Å². The molecule has 1 aromatic carbocycles. The first-order valence-electron chi connectivity index (χ1n) is 4.70. The van der Waals surface area contributed by atoms with Crippen molar-refractivity contribution in [2.24, 2.45) is 0 Å². The molecule has 0 saturated carbocycles. The highest BCUT2D eigenvalue weighted by Gasteiger charge is 2.01. The molecule has 0 amide bonds. The van der Waals surface area contributed by atoms with E-state index in [1.165, 1.54) is 0 Å². The molecule has 0 fully saturated rings. The van der Waals surface area contributed by atoms with Gasteiger partial charge in [0.25, 0.3) is 0 Å². The molecule has 0 bridgehead atoms. The summed E-state index contributed by atoms with van der Waals surface area (Å²) in [4.78, 5) is 0. The highest BCUT2D eigenvalue weighted by atomic mass is 32.2. The quantitative estimate of drug-likeness (QED) is 0.760. The lowest BCUT2D eigenvalue weighted by molar-refractivity contribution is 0.607. The van der Waals surface area contributed by atoms with E-state index in [1.54, 1.807) is 18.2 Å². The number of hydrogen-bond acceptors (Lipinski definition) is 4. The molecule has 16 heavy (non-hydrogen) atoms. The third kappa shape index (κ3) is 4.66. The standard InChI is InChI=1S/C10H13N3O2S/c1-16(14,15)13-10-5-2-4-9(8-10)12-7-3-6-11/h2,4-5,8,12-13H,3,7H2,1H3. The summed E-state index contributed by atoms with van der Waals surface area (Å²) in [6, 6.07) is 8.91. The number of sulfonamides is 1. The predicted octanol–water partition coefficient (Wildman–Crippen LogP) is 1.38. The summed E-state index contributed by atoms with van der Waals surface area (Å²) >= 11 is 0. The van der Waals surface area contributed by atoms with E-state index in [0.717, 1.165) is 11.9 Å². The molecule has 0 atom stereocenters. The van der Waals surface area contributed by atoms with Gasteiger partial charge < -0.3 is 5.32 Å². The monoisotopic (exact) mass is 239 g/mol. The zero-order valence-corrected chi connectivity index (χ0v) is 9.71. The molecule has 6 heteroatoms. The Morgan fingerprint density at radius 1 is 1.38 bits per heavy atom. The van der Waals surface area contributed by atoms with Crippen LogP contribution < -0.4 is 10.0 Å². The molecular formula is C10H13N3O2S. The van der Waals surface area contributed by atoms with Gasteiger partial charge in [-0.15, -0.1) is 0 Å². The van der Waals surface area contributed by atoms with E-state index >= 15 is 0 Å². The molecule has 0 spiro atoms. The van der Waals surface area contributed by atoms with Crippen LogP contribution in [0.15, 0.2) is 24.3 Å². The highest BCUT2D eigenvalue weighted by molar-refractivity contribution is 7.92. The van der Waals surface area contributed by atoms with Gasteiger partial charge in [-0.25, -0.2) is 8.42 Å². The van der Waals surface area contributed by atoms with Gasteiger partial charge in [-0.2, -0.15) is 5.26 Å². The summed E-state index contributed by atoms with van der Waals surface area (Å²) < 4.78 is 24.4. The topological polar surface area (TPSA) is 82.0 Å². The smallest absolute Gasteiger partial charge is 0.229 e. The van der Waals surface area contributed by atoms with Crippen LogP contribution in [-0.2, 0) is 10.0 Å². The van der Waals surface area contributed by atoms with E-state index in [9.17, 15) is 8.42 Å². The average Bonchev–Trinajstić information content (AvgIpc) is 2.16. The van der Waals surface area contributed by atoms with Gasteiger partial charge in [0.1, 0.15) is 0 Å². The van der Waals surface area contributed by atoms with E-state index in [-0.39, 0.29) is 0 Å². The Balaban J connectivity index is 2.68. The largest absolute Gasteiger partial charge is 0.384 e. The Kier molecular flexibility index (Phi) is 4.14. The van der Waals surface area contributed by atoms with E-state index in [4.69, 9.17) is 5.26 Å². The molecule has 0 saturated heterocycles. The maximum Gasteiger partial charge on any atom is 0.229 e. The Labute approximate surface area is 95.1 Å².